The van der Waals surface area contributed by atoms with Gasteiger partial charge in [-0.1, -0.05) is 48.5 Å². The molecule has 1 aromatic heterocycles. The highest BCUT2D eigenvalue weighted by atomic mass is 19.2. The number of nitrogens with zero attached hydrogens (tertiary/aromatic N) is 3. The Labute approximate surface area is 189 Å². The van der Waals surface area contributed by atoms with Crippen LogP contribution >= 0.6 is 0 Å². The topological polar surface area (TPSA) is 59.2 Å². The molecule has 1 saturated heterocycles. The zero-order valence-electron chi connectivity index (χ0n) is 18.0. The van der Waals surface area contributed by atoms with E-state index in [4.69, 9.17) is 4.42 Å². The molecule has 1 atom stereocenters. The summed E-state index contributed by atoms with van der Waals surface area (Å²) in [5.41, 5.74) is 2.80. The van der Waals surface area contributed by atoms with Gasteiger partial charge >= 0.3 is 0 Å². The molecular weight excluding hydrogens is 424 g/mol. The minimum atomic E-state index is -1.13. The summed E-state index contributed by atoms with van der Waals surface area (Å²) in [5.74, 6) is -2.08. The predicted octanol–water partition coefficient (Wildman–Crippen LogP) is 5.97. The van der Waals surface area contributed by atoms with Crippen molar-refractivity contribution in [3.05, 3.63) is 95.4 Å². The Morgan fingerprint density at radius 3 is 2.36 bits per heavy atom. The largest absolute Gasteiger partial charge is 0.418 e. The molecule has 0 saturated carbocycles. The minimum absolute atomic E-state index is 0.154. The van der Waals surface area contributed by atoms with Crippen LogP contribution in [0.5, 0.6) is 0 Å². The summed E-state index contributed by atoms with van der Waals surface area (Å²) in [6, 6.07) is 20.0. The third kappa shape index (κ3) is 3.91. The Morgan fingerprint density at radius 1 is 0.909 bits per heavy atom. The van der Waals surface area contributed by atoms with E-state index in [1.165, 1.54) is 24.0 Å². The van der Waals surface area contributed by atoms with Crippen LogP contribution in [0, 0.1) is 18.6 Å². The molecule has 5 rings (SSSR count). The van der Waals surface area contributed by atoms with Gasteiger partial charge in [0.05, 0.1) is 5.56 Å². The summed E-state index contributed by atoms with van der Waals surface area (Å²) in [6.45, 7) is 1.86. The molecule has 1 amide bonds. The summed E-state index contributed by atoms with van der Waals surface area (Å²) in [5, 5.41) is 8.31. The maximum atomic E-state index is 14.4. The molecular formula is C26H21F2N3O2. The lowest BCUT2D eigenvalue weighted by molar-refractivity contribution is 0.0710. The average Bonchev–Trinajstić information content (AvgIpc) is 3.53. The van der Waals surface area contributed by atoms with Gasteiger partial charge in [0.15, 0.2) is 11.6 Å². The van der Waals surface area contributed by atoms with Crippen LogP contribution in [0.3, 0.4) is 0 Å². The lowest BCUT2D eigenvalue weighted by atomic mass is 10.0. The lowest BCUT2D eigenvalue weighted by Gasteiger charge is -2.22. The molecule has 4 aromatic rings. The van der Waals surface area contributed by atoms with E-state index in [0.29, 0.717) is 25.3 Å². The number of rotatable bonds is 4. The Morgan fingerprint density at radius 2 is 1.61 bits per heavy atom. The van der Waals surface area contributed by atoms with E-state index < -0.39 is 23.6 Å². The molecule has 1 unspecified atom stereocenters. The Balaban J connectivity index is 1.38. The molecule has 0 N–H and O–H groups in total. The van der Waals surface area contributed by atoms with Gasteiger partial charge in [0.2, 0.25) is 11.8 Å². The molecule has 0 aliphatic carbocycles. The number of carbonyl (C=O) groups excluding carboxylic acids is 1. The van der Waals surface area contributed by atoms with Gasteiger partial charge in [-0.2, -0.15) is 0 Å². The van der Waals surface area contributed by atoms with Crippen molar-refractivity contribution in [2.45, 2.75) is 25.8 Å². The molecule has 0 radical (unpaired) electrons. The second-order valence-corrected chi connectivity index (χ2v) is 8.10. The zero-order chi connectivity index (χ0) is 22.9. The molecule has 1 fully saturated rings. The summed E-state index contributed by atoms with van der Waals surface area (Å²) in [4.78, 5) is 14.5. The maximum Gasteiger partial charge on any atom is 0.257 e. The van der Waals surface area contributed by atoms with E-state index >= 15 is 0 Å². The van der Waals surface area contributed by atoms with Gasteiger partial charge in [-0.05, 0) is 54.7 Å². The smallest absolute Gasteiger partial charge is 0.257 e. The van der Waals surface area contributed by atoms with Crippen molar-refractivity contribution >= 4 is 5.91 Å². The van der Waals surface area contributed by atoms with Gasteiger partial charge < -0.3 is 9.32 Å². The number of benzene rings is 3. The fraction of sp³-hybridized carbons (Fsp3) is 0.192. The molecule has 3 aromatic carbocycles. The van der Waals surface area contributed by atoms with Crippen molar-refractivity contribution in [3.63, 3.8) is 0 Å². The van der Waals surface area contributed by atoms with Crippen LogP contribution in [0.4, 0.5) is 8.78 Å². The first-order chi connectivity index (χ1) is 16.0. The van der Waals surface area contributed by atoms with E-state index in [9.17, 15) is 13.6 Å². The number of likely N-dealkylation sites (tertiary alicyclic amines) is 1. The van der Waals surface area contributed by atoms with E-state index in [-0.39, 0.29) is 17.0 Å². The molecule has 2 heterocycles. The van der Waals surface area contributed by atoms with E-state index in [0.717, 1.165) is 16.7 Å². The molecule has 33 heavy (non-hydrogen) atoms. The first-order valence-electron chi connectivity index (χ1n) is 10.8. The third-order valence-electron chi connectivity index (χ3n) is 5.98. The Bertz CT molecular complexity index is 1300. The number of amides is 1. The van der Waals surface area contributed by atoms with Crippen molar-refractivity contribution in [1.82, 2.24) is 15.1 Å². The van der Waals surface area contributed by atoms with Crippen molar-refractivity contribution in [1.29, 1.82) is 0 Å². The van der Waals surface area contributed by atoms with Crippen LogP contribution in [-0.4, -0.2) is 27.5 Å². The normalized spacial score (nSPS) is 15.7. The van der Waals surface area contributed by atoms with Crippen molar-refractivity contribution in [2.24, 2.45) is 0 Å². The summed E-state index contributed by atoms with van der Waals surface area (Å²) < 4.78 is 34.3. The molecule has 1 aliphatic heterocycles. The van der Waals surface area contributed by atoms with Gasteiger partial charge in [0.1, 0.15) is 6.04 Å². The summed E-state index contributed by atoms with van der Waals surface area (Å²) in [7, 11) is 0. The van der Waals surface area contributed by atoms with E-state index in [1.54, 1.807) is 0 Å². The van der Waals surface area contributed by atoms with Crippen LogP contribution in [0.15, 0.2) is 71.1 Å². The Kier molecular flexibility index (Phi) is 5.46. The number of aromatic nitrogens is 2. The van der Waals surface area contributed by atoms with Crippen molar-refractivity contribution in [3.8, 4) is 22.6 Å². The highest BCUT2D eigenvalue weighted by molar-refractivity contribution is 5.95. The van der Waals surface area contributed by atoms with Crippen LogP contribution in [0.1, 0.15) is 40.7 Å². The monoisotopic (exact) mass is 445 g/mol. The zero-order valence-corrected chi connectivity index (χ0v) is 18.0. The van der Waals surface area contributed by atoms with Crippen LogP contribution in [0.2, 0.25) is 0 Å². The number of halogens is 2. The van der Waals surface area contributed by atoms with Gasteiger partial charge in [0, 0.05) is 12.1 Å². The first-order valence-corrected chi connectivity index (χ1v) is 10.8. The minimum Gasteiger partial charge on any atom is -0.418 e. The van der Waals surface area contributed by atoms with E-state index in [1.807, 2.05) is 54.6 Å². The fourth-order valence-electron chi connectivity index (χ4n) is 4.15. The van der Waals surface area contributed by atoms with Gasteiger partial charge in [-0.15, -0.1) is 10.2 Å². The summed E-state index contributed by atoms with van der Waals surface area (Å²) in [6.07, 6.45) is 1.31. The average molecular weight is 445 g/mol. The third-order valence-corrected chi connectivity index (χ3v) is 5.98. The molecule has 0 spiro atoms. The van der Waals surface area contributed by atoms with Crippen LogP contribution < -0.4 is 0 Å². The van der Waals surface area contributed by atoms with Crippen LogP contribution in [-0.2, 0) is 0 Å². The maximum absolute atomic E-state index is 14.4. The highest BCUT2D eigenvalue weighted by Gasteiger charge is 2.36. The standard InChI is InChI=1S/C26H21F2N3O2/c1-16-9-14-20(23(28)22(16)27)26(32)31-15-5-8-21(31)25-30-29-24(33-25)19-12-10-18(11-13-19)17-6-3-2-4-7-17/h2-4,6-7,9-14,21H,5,8,15H2,1H3. The summed E-state index contributed by atoms with van der Waals surface area (Å²) >= 11 is 0. The number of hydrogen-bond donors (Lipinski definition) is 0. The van der Waals surface area contributed by atoms with Gasteiger partial charge in [0.25, 0.3) is 5.91 Å². The van der Waals surface area contributed by atoms with Crippen molar-refractivity contribution < 1.29 is 18.0 Å². The van der Waals surface area contributed by atoms with Gasteiger partial charge in [-0.3, -0.25) is 4.79 Å². The SMILES string of the molecule is Cc1ccc(C(=O)N2CCCC2c2nnc(-c3ccc(-c4ccccc4)cc3)o2)c(F)c1F. The molecule has 5 nitrogen and oxygen atoms in total. The van der Waals surface area contributed by atoms with Crippen molar-refractivity contribution in [2.75, 3.05) is 6.54 Å². The quantitative estimate of drug-likeness (QED) is 0.388. The van der Waals surface area contributed by atoms with Gasteiger partial charge in [-0.25, -0.2) is 8.78 Å². The second kappa shape index (κ2) is 8.58. The predicted molar refractivity (Wildman–Crippen MR) is 119 cm³/mol. The van der Waals surface area contributed by atoms with E-state index in [2.05, 4.69) is 10.2 Å². The van der Waals surface area contributed by atoms with Crippen LogP contribution in [0.25, 0.3) is 22.6 Å². The fourth-order valence-corrected chi connectivity index (χ4v) is 4.15. The number of hydrogen-bond acceptors (Lipinski definition) is 4. The first kappa shape index (κ1) is 21.0. The molecule has 166 valence electrons. The number of aryl methyl sites for hydroxylation is 1. The molecule has 0 bridgehead atoms. The molecule has 1 aliphatic rings. The Hall–Kier alpha value is -3.87. The number of carbonyl (C=O) groups is 1. The lowest BCUT2D eigenvalue weighted by Crippen LogP contribution is -2.31. The second-order valence-electron chi connectivity index (χ2n) is 8.10. The highest BCUT2D eigenvalue weighted by Crippen LogP contribution is 2.34. The molecule has 7 heteroatoms.